The molecule has 0 aromatic heterocycles. The van der Waals surface area contributed by atoms with Crippen LogP contribution in [0.3, 0.4) is 0 Å². The second-order valence-electron chi connectivity index (χ2n) is 3.90. The third kappa shape index (κ3) is 2.71. The lowest BCUT2D eigenvalue weighted by molar-refractivity contribution is 0.301. The number of benzene rings is 1. The van der Waals surface area contributed by atoms with Crippen molar-refractivity contribution in [2.24, 2.45) is 5.73 Å². The molecular weight excluding hydrogens is 246 g/mol. The second kappa shape index (κ2) is 7.09. The summed E-state index contributed by atoms with van der Waals surface area (Å²) in [5.41, 5.74) is 7.66. The third-order valence-corrected chi connectivity index (χ3v) is 2.98. The van der Waals surface area contributed by atoms with E-state index in [1.165, 1.54) is 0 Å². The Labute approximate surface area is 114 Å². The van der Waals surface area contributed by atoms with Crippen LogP contribution in [0, 0.1) is 6.92 Å². The fourth-order valence-corrected chi connectivity index (χ4v) is 2.21. The summed E-state index contributed by atoms with van der Waals surface area (Å²) < 4.78 is 21.7. The summed E-state index contributed by atoms with van der Waals surface area (Å²) in [6.45, 7) is 4.20. The molecule has 0 aliphatic heterocycles. The first-order valence-electron chi connectivity index (χ1n) is 6.06. The average Bonchev–Trinajstić information content (AvgIpc) is 2.45. The van der Waals surface area contributed by atoms with Gasteiger partial charge >= 0.3 is 0 Å². The van der Waals surface area contributed by atoms with E-state index in [9.17, 15) is 0 Å². The standard InChI is InChI=1S/C14H22NO4/c1-6-7-9-10(8-15)12(17-3)14(19-5)13(18-4)11(9)16-2/h1,6-8,15H2,2-5H3. The van der Waals surface area contributed by atoms with E-state index in [4.69, 9.17) is 24.7 Å². The van der Waals surface area contributed by atoms with Gasteiger partial charge in [-0.3, -0.25) is 0 Å². The lowest BCUT2D eigenvalue weighted by Crippen LogP contribution is -2.09. The van der Waals surface area contributed by atoms with Crippen LogP contribution >= 0.6 is 0 Å². The van der Waals surface area contributed by atoms with Crippen molar-refractivity contribution < 1.29 is 18.9 Å². The topological polar surface area (TPSA) is 62.9 Å². The minimum Gasteiger partial charge on any atom is -0.492 e. The number of rotatable bonds is 7. The highest BCUT2D eigenvalue weighted by molar-refractivity contribution is 5.67. The lowest BCUT2D eigenvalue weighted by Gasteiger charge is -2.22. The highest BCUT2D eigenvalue weighted by Crippen LogP contribution is 2.49. The van der Waals surface area contributed by atoms with E-state index in [1.807, 2.05) is 0 Å². The number of nitrogens with two attached hydrogens (primary N) is 1. The summed E-state index contributed by atoms with van der Waals surface area (Å²) >= 11 is 0. The Bertz CT molecular complexity index is 399. The largest absolute Gasteiger partial charge is 0.492 e. The predicted octanol–water partition coefficient (Wildman–Crippen LogP) is 1.95. The van der Waals surface area contributed by atoms with Crippen molar-refractivity contribution in [3.8, 4) is 23.0 Å². The van der Waals surface area contributed by atoms with Crippen molar-refractivity contribution in [1.82, 2.24) is 0 Å². The fourth-order valence-electron chi connectivity index (χ4n) is 2.21. The first-order valence-corrected chi connectivity index (χ1v) is 6.06. The van der Waals surface area contributed by atoms with E-state index in [0.29, 0.717) is 29.5 Å². The van der Waals surface area contributed by atoms with E-state index in [-0.39, 0.29) is 0 Å². The number of ether oxygens (including phenoxy) is 4. The van der Waals surface area contributed by atoms with Crippen LogP contribution in [0.5, 0.6) is 23.0 Å². The molecule has 2 N–H and O–H groups in total. The Kier molecular flexibility index (Phi) is 5.76. The van der Waals surface area contributed by atoms with Crippen LogP contribution in [0.15, 0.2) is 0 Å². The SMILES string of the molecule is [CH2]CCc1c(CN)c(OC)c(OC)c(OC)c1OC. The normalized spacial score (nSPS) is 10.2. The van der Waals surface area contributed by atoms with Crippen molar-refractivity contribution in [3.05, 3.63) is 18.1 Å². The van der Waals surface area contributed by atoms with Crippen LogP contribution in [0.2, 0.25) is 0 Å². The Hall–Kier alpha value is -1.62. The van der Waals surface area contributed by atoms with Crippen molar-refractivity contribution in [3.63, 3.8) is 0 Å². The van der Waals surface area contributed by atoms with E-state index in [1.54, 1.807) is 28.4 Å². The van der Waals surface area contributed by atoms with Crippen LogP contribution < -0.4 is 24.7 Å². The highest BCUT2D eigenvalue weighted by Gasteiger charge is 2.25. The van der Waals surface area contributed by atoms with Gasteiger partial charge < -0.3 is 24.7 Å². The maximum Gasteiger partial charge on any atom is 0.207 e. The molecule has 0 amide bonds. The van der Waals surface area contributed by atoms with Gasteiger partial charge in [0.15, 0.2) is 11.5 Å². The smallest absolute Gasteiger partial charge is 0.207 e. The fraction of sp³-hybridized carbons (Fsp3) is 0.500. The summed E-state index contributed by atoms with van der Waals surface area (Å²) in [7, 11) is 6.30. The average molecular weight is 268 g/mol. The number of methoxy groups -OCH3 is 4. The molecule has 0 saturated carbocycles. The summed E-state index contributed by atoms with van der Waals surface area (Å²) in [5.74, 6) is 2.23. The zero-order chi connectivity index (χ0) is 14.4. The van der Waals surface area contributed by atoms with Crippen molar-refractivity contribution >= 4 is 0 Å². The molecule has 1 aromatic rings. The quantitative estimate of drug-likeness (QED) is 0.819. The molecule has 0 atom stereocenters. The van der Waals surface area contributed by atoms with E-state index in [0.717, 1.165) is 24.0 Å². The summed E-state index contributed by atoms with van der Waals surface area (Å²) in [5, 5.41) is 0. The van der Waals surface area contributed by atoms with E-state index in [2.05, 4.69) is 6.92 Å². The lowest BCUT2D eigenvalue weighted by atomic mass is 9.99. The molecule has 0 spiro atoms. The van der Waals surface area contributed by atoms with Crippen molar-refractivity contribution in [2.45, 2.75) is 19.4 Å². The molecule has 1 aromatic carbocycles. The minimum atomic E-state index is 0.329. The number of hydrogen-bond acceptors (Lipinski definition) is 5. The summed E-state index contributed by atoms with van der Waals surface area (Å²) in [6, 6.07) is 0. The molecule has 0 unspecified atom stereocenters. The first-order chi connectivity index (χ1) is 9.19. The van der Waals surface area contributed by atoms with Gasteiger partial charge in [0.2, 0.25) is 11.5 Å². The second-order valence-corrected chi connectivity index (χ2v) is 3.90. The van der Waals surface area contributed by atoms with E-state index >= 15 is 0 Å². The molecule has 107 valence electrons. The Balaban J connectivity index is 3.68. The molecule has 1 radical (unpaired) electrons. The van der Waals surface area contributed by atoms with Gasteiger partial charge in [-0.2, -0.15) is 0 Å². The van der Waals surface area contributed by atoms with Gasteiger partial charge in [0, 0.05) is 17.7 Å². The Morgan fingerprint density at radius 3 is 1.53 bits per heavy atom. The first kappa shape index (κ1) is 15.4. The molecule has 1 rings (SSSR count). The Morgan fingerprint density at radius 2 is 1.21 bits per heavy atom. The molecule has 5 heteroatoms. The van der Waals surface area contributed by atoms with Gasteiger partial charge in [0.1, 0.15) is 0 Å². The molecule has 0 bridgehead atoms. The summed E-state index contributed by atoms with van der Waals surface area (Å²) in [6.07, 6.45) is 1.45. The Morgan fingerprint density at radius 1 is 0.789 bits per heavy atom. The van der Waals surface area contributed by atoms with Crippen LogP contribution in [0.4, 0.5) is 0 Å². The van der Waals surface area contributed by atoms with Crippen LogP contribution in [-0.4, -0.2) is 28.4 Å². The molecule has 0 saturated heterocycles. The molecule has 0 heterocycles. The maximum absolute atomic E-state index is 5.84. The monoisotopic (exact) mass is 268 g/mol. The van der Waals surface area contributed by atoms with Gasteiger partial charge in [-0.25, -0.2) is 0 Å². The van der Waals surface area contributed by atoms with E-state index < -0.39 is 0 Å². The van der Waals surface area contributed by atoms with Gasteiger partial charge in [-0.1, -0.05) is 6.92 Å². The van der Waals surface area contributed by atoms with Crippen molar-refractivity contribution in [1.29, 1.82) is 0 Å². The highest BCUT2D eigenvalue weighted by atomic mass is 16.5. The molecule has 5 nitrogen and oxygen atoms in total. The maximum atomic E-state index is 5.84. The van der Waals surface area contributed by atoms with Gasteiger partial charge in [0.05, 0.1) is 28.4 Å². The zero-order valence-electron chi connectivity index (χ0n) is 12.0. The number of hydrogen-bond donors (Lipinski definition) is 1. The van der Waals surface area contributed by atoms with Gasteiger partial charge in [-0.05, 0) is 12.8 Å². The molecule has 0 fully saturated rings. The molecule has 0 aliphatic rings. The molecule has 19 heavy (non-hydrogen) atoms. The van der Waals surface area contributed by atoms with Crippen molar-refractivity contribution in [2.75, 3.05) is 28.4 Å². The van der Waals surface area contributed by atoms with Crippen LogP contribution in [-0.2, 0) is 13.0 Å². The third-order valence-electron chi connectivity index (χ3n) is 2.98. The minimum absolute atomic E-state index is 0.329. The predicted molar refractivity (Wildman–Crippen MR) is 74.2 cm³/mol. The molecular formula is C14H22NO4. The van der Waals surface area contributed by atoms with Crippen LogP contribution in [0.25, 0.3) is 0 Å². The summed E-state index contributed by atoms with van der Waals surface area (Å²) in [4.78, 5) is 0. The molecule has 0 aliphatic carbocycles. The zero-order valence-corrected chi connectivity index (χ0v) is 12.0. The van der Waals surface area contributed by atoms with Gasteiger partial charge in [0.25, 0.3) is 0 Å². The van der Waals surface area contributed by atoms with Crippen LogP contribution in [0.1, 0.15) is 17.5 Å². The van der Waals surface area contributed by atoms with Gasteiger partial charge in [-0.15, -0.1) is 0 Å².